The lowest BCUT2D eigenvalue weighted by molar-refractivity contribution is 0.122. The molecular weight excluding hydrogens is 238 g/mol. The predicted molar refractivity (Wildman–Crippen MR) is 77.7 cm³/mol. The van der Waals surface area contributed by atoms with Gasteiger partial charge in [0, 0.05) is 19.6 Å². The first-order valence-corrected chi connectivity index (χ1v) is 7.44. The largest absolute Gasteiger partial charge is 0.384 e. The Morgan fingerprint density at radius 1 is 1.21 bits per heavy atom. The average Bonchev–Trinajstić information content (AvgIpc) is 3.00. The molecule has 4 nitrogen and oxygen atoms in total. The normalized spacial score (nSPS) is 20.7. The van der Waals surface area contributed by atoms with Crippen LogP contribution in [0, 0.1) is 5.92 Å². The third kappa shape index (κ3) is 3.38. The predicted octanol–water partition coefficient (Wildman–Crippen LogP) is 2.52. The van der Waals surface area contributed by atoms with Crippen LogP contribution in [0.3, 0.4) is 0 Å². The van der Waals surface area contributed by atoms with Crippen molar-refractivity contribution in [2.75, 3.05) is 43.1 Å². The van der Waals surface area contributed by atoms with Gasteiger partial charge in [0.05, 0.1) is 25.1 Å². The molecule has 1 aromatic rings. The SMILES string of the molecule is c1cc(N2CCOCC2)ncc1NCC1CCCC1. The summed E-state index contributed by atoms with van der Waals surface area (Å²) in [7, 11) is 0. The van der Waals surface area contributed by atoms with Gasteiger partial charge in [0.2, 0.25) is 0 Å². The Morgan fingerprint density at radius 3 is 2.68 bits per heavy atom. The highest BCUT2D eigenvalue weighted by Gasteiger charge is 2.15. The van der Waals surface area contributed by atoms with Gasteiger partial charge in [0.15, 0.2) is 0 Å². The van der Waals surface area contributed by atoms with Gasteiger partial charge in [-0.25, -0.2) is 4.98 Å². The number of nitrogens with zero attached hydrogens (tertiary/aromatic N) is 2. The third-order valence-corrected chi connectivity index (χ3v) is 4.15. The van der Waals surface area contributed by atoms with Crippen LogP contribution in [0.1, 0.15) is 25.7 Å². The second-order valence-corrected chi connectivity index (χ2v) is 5.54. The molecule has 1 N–H and O–H groups in total. The second-order valence-electron chi connectivity index (χ2n) is 5.54. The minimum Gasteiger partial charge on any atom is -0.384 e. The molecule has 2 aliphatic rings. The Morgan fingerprint density at radius 2 is 2.00 bits per heavy atom. The Hall–Kier alpha value is -1.29. The number of nitrogens with one attached hydrogen (secondary N) is 1. The molecule has 1 aliphatic heterocycles. The highest BCUT2D eigenvalue weighted by atomic mass is 16.5. The van der Waals surface area contributed by atoms with Crippen molar-refractivity contribution in [2.45, 2.75) is 25.7 Å². The first kappa shape index (κ1) is 12.7. The van der Waals surface area contributed by atoms with Crippen LogP contribution < -0.4 is 10.2 Å². The fourth-order valence-corrected chi connectivity index (χ4v) is 2.95. The fraction of sp³-hybridized carbons (Fsp3) is 0.667. The van der Waals surface area contributed by atoms with Crippen molar-refractivity contribution in [1.29, 1.82) is 0 Å². The molecule has 3 rings (SSSR count). The molecule has 2 heterocycles. The Labute approximate surface area is 115 Å². The lowest BCUT2D eigenvalue weighted by Gasteiger charge is -2.27. The molecule has 104 valence electrons. The molecule has 0 radical (unpaired) electrons. The average molecular weight is 261 g/mol. The van der Waals surface area contributed by atoms with E-state index in [1.807, 2.05) is 6.20 Å². The Balaban J connectivity index is 1.52. The van der Waals surface area contributed by atoms with Crippen molar-refractivity contribution in [1.82, 2.24) is 4.98 Å². The van der Waals surface area contributed by atoms with Crippen LogP contribution >= 0.6 is 0 Å². The summed E-state index contributed by atoms with van der Waals surface area (Å²) in [5, 5.41) is 3.51. The first-order valence-electron chi connectivity index (χ1n) is 7.44. The number of aromatic nitrogens is 1. The van der Waals surface area contributed by atoms with E-state index in [1.165, 1.54) is 25.7 Å². The molecule has 4 heteroatoms. The minimum absolute atomic E-state index is 0.809. The first-order chi connectivity index (χ1) is 9.42. The minimum atomic E-state index is 0.809. The Bertz CT molecular complexity index is 381. The smallest absolute Gasteiger partial charge is 0.128 e. The lowest BCUT2D eigenvalue weighted by Crippen LogP contribution is -2.36. The van der Waals surface area contributed by atoms with Crippen molar-refractivity contribution in [3.63, 3.8) is 0 Å². The molecule has 0 bridgehead atoms. The van der Waals surface area contributed by atoms with Crippen molar-refractivity contribution in [3.05, 3.63) is 18.3 Å². The maximum Gasteiger partial charge on any atom is 0.128 e. The molecule has 0 amide bonds. The summed E-state index contributed by atoms with van der Waals surface area (Å²) in [6.45, 7) is 4.61. The molecule has 19 heavy (non-hydrogen) atoms. The van der Waals surface area contributed by atoms with Gasteiger partial charge in [-0.1, -0.05) is 12.8 Å². The summed E-state index contributed by atoms with van der Waals surface area (Å²) in [5.41, 5.74) is 1.14. The highest BCUT2D eigenvalue weighted by Crippen LogP contribution is 2.25. The molecule has 1 aromatic heterocycles. The van der Waals surface area contributed by atoms with Gasteiger partial charge in [-0.15, -0.1) is 0 Å². The third-order valence-electron chi connectivity index (χ3n) is 4.15. The van der Waals surface area contributed by atoms with Crippen molar-refractivity contribution in [2.24, 2.45) is 5.92 Å². The molecular formula is C15H23N3O. The van der Waals surface area contributed by atoms with E-state index in [-0.39, 0.29) is 0 Å². The Kier molecular flexibility index (Phi) is 4.18. The summed E-state index contributed by atoms with van der Waals surface area (Å²) >= 11 is 0. The van der Waals surface area contributed by atoms with Crippen LogP contribution in [-0.2, 0) is 4.74 Å². The topological polar surface area (TPSA) is 37.4 Å². The van der Waals surface area contributed by atoms with Crippen LogP contribution in [0.25, 0.3) is 0 Å². The number of pyridine rings is 1. The van der Waals surface area contributed by atoms with Crippen molar-refractivity contribution in [3.8, 4) is 0 Å². The monoisotopic (exact) mass is 261 g/mol. The molecule has 1 aliphatic carbocycles. The molecule has 1 saturated heterocycles. The van der Waals surface area contributed by atoms with Gasteiger partial charge in [0.1, 0.15) is 5.82 Å². The fourth-order valence-electron chi connectivity index (χ4n) is 2.95. The van der Waals surface area contributed by atoms with Crippen molar-refractivity contribution >= 4 is 11.5 Å². The summed E-state index contributed by atoms with van der Waals surface area (Å²) < 4.78 is 5.36. The van der Waals surface area contributed by atoms with Gasteiger partial charge in [-0.3, -0.25) is 0 Å². The van der Waals surface area contributed by atoms with Crippen LogP contribution in [0.15, 0.2) is 18.3 Å². The van der Waals surface area contributed by atoms with Gasteiger partial charge in [0.25, 0.3) is 0 Å². The number of rotatable bonds is 4. The molecule has 0 spiro atoms. The van der Waals surface area contributed by atoms with Crippen LogP contribution in [0.5, 0.6) is 0 Å². The van der Waals surface area contributed by atoms with Gasteiger partial charge in [-0.05, 0) is 30.9 Å². The van der Waals surface area contributed by atoms with Gasteiger partial charge >= 0.3 is 0 Å². The molecule has 1 saturated carbocycles. The van der Waals surface area contributed by atoms with Crippen molar-refractivity contribution < 1.29 is 4.74 Å². The quantitative estimate of drug-likeness (QED) is 0.903. The van der Waals surface area contributed by atoms with Crippen LogP contribution in [0.2, 0.25) is 0 Å². The molecule has 0 atom stereocenters. The van der Waals surface area contributed by atoms with E-state index < -0.39 is 0 Å². The van der Waals surface area contributed by atoms with Gasteiger partial charge < -0.3 is 15.0 Å². The summed E-state index contributed by atoms with van der Waals surface area (Å²) in [4.78, 5) is 6.84. The lowest BCUT2D eigenvalue weighted by atomic mass is 10.1. The van der Waals surface area contributed by atoms with E-state index in [1.54, 1.807) is 0 Å². The van der Waals surface area contributed by atoms with E-state index in [4.69, 9.17) is 4.74 Å². The number of hydrogen-bond acceptors (Lipinski definition) is 4. The number of anilines is 2. The molecule has 0 aromatic carbocycles. The number of morpholine rings is 1. The molecule has 0 unspecified atom stereocenters. The van der Waals surface area contributed by atoms with E-state index in [9.17, 15) is 0 Å². The van der Waals surface area contributed by atoms with E-state index in [0.717, 1.165) is 50.3 Å². The number of ether oxygens (including phenoxy) is 1. The van der Waals surface area contributed by atoms with Crippen LogP contribution in [-0.4, -0.2) is 37.8 Å². The maximum atomic E-state index is 5.36. The summed E-state index contributed by atoms with van der Waals surface area (Å²) in [6.07, 6.45) is 7.53. The summed E-state index contributed by atoms with van der Waals surface area (Å²) in [6, 6.07) is 4.26. The van der Waals surface area contributed by atoms with E-state index >= 15 is 0 Å². The van der Waals surface area contributed by atoms with Gasteiger partial charge in [-0.2, -0.15) is 0 Å². The van der Waals surface area contributed by atoms with Crippen LogP contribution in [0.4, 0.5) is 11.5 Å². The van der Waals surface area contributed by atoms with E-state index in [2.05, 4.69) is 27.3 Å². The zero-order valence-corrected chi connectivity index (χ0v) is 11.5. The second kappa shape index (κ2) is 6.24. The van der Waals surface area contributed by atoms with E-state index in [0.29, 0.717) is 0 Å². The summed E-state index contributed by atoms with van der Waals surface area (Å²) in [5.74, 6) is 1.92. The zero-order valence-electron chi connectivity index (χ0n) is 11.5. The standard InChI is InChI=1S/C15H23N3O/c1-2-4-13(3-1)11-16-14-5-6-15(17-12-14)18-7-9-19-10-8-18/h5-6,12-13,16H,1-4,7-11H2. The maximum absolute atomic E-state index is 5.36. The molecule has 2 fully saturated rings. The highest BCUT2D eigenvalue weighted by molar-refractivity contribution is 5.48. The number of hydrogen-bond donors (Lipinski definition) is 1. The zero-order chi connectivity index (χ0) is 12.9.